The standard InChI is InChI=1S/C20H12BrN3O5S/c21-13-5-1-11(2-6-13)16-15(17(25)12-3-7-14(8-4-12)24(28)29)18(26)19(27)23(16)20-22-9-10-30-20/h1-10,16,25H/b17-15+. The summed E-state index contributed by atoms with van der Waals surface area (Å²) >= 11 is 4.55. The number of non-ortho nitro benzene ring substituents is 1. The summed E-state index contributed by atoms with van der Waals surface area (Å²) in [5, 5.41) is 23.8. The molecule has 1 amide bonds. The van der Waals surface area contributed by atoms with Crippen molar-refractivity contribution in [1.82, 2.24) is 4.98 Å². The number of benzene rings is 2. The van der Waals surface area contributed by atoms with Gasteiger partial charge in [0.25, 0.3) is 11.5 Å². The smallest absolute Gasteiger partial charge is 0.301 e. The molecule has 2 heterocycles. The molecule has 1 fully saturated rings. The van der Waals surface area contributed by atoms with Crippen molar-refractivity contribution in [3.05, 3.63) is 91.4 Å². The summed E-state index contributed by atoms with van der Waals surface area (Å²) in [6, 6.07) is 11.2. The van der Waals surface area contributed by atoms with E-state index in [1.54, 1.807) is 29.6 Å². The zero-order valence-electron chi connectivity index (χ0n) is 15.1. The Morgan fingerprint density at radius 1 is 1.13 bits per heavy atom. The molecule has 1 aliphatic heterocycles. The number of thiazole rings is 1. The van der Waals surface area contributed by atoms with Crippen LogP contribution in [0.5, 0.6) is 0 Å². The monoisotopic (exact) mass is 485 g/mol. The first-order valence-electron chi connectivity index (χ1n) is 8.59. The Morgan fingerprint density at radius 3 is 2.37 bits per heavy atom. The summed E-state index contributed by atoms with van der Waals surface area (Å²) in [4.78, 5) is 41.5. The number of carbonyl (C=O) groups excluding carboxylic acids is 2. The number of halogens is 1. The van der Waals surface area contributed by atoms with Gasteiger partial charge in [-0.15, -0.1) is 11.3 Å². The maximum Gasteiger partial charge on any atom is 0.301 e. The summed E-state index contributed by atoms with van der Waals surface area (Å²) < 4.78 is 0.813. The minimum Gasteiger partial charge on any atom is -0.507 e. The van der Waals surface area contributed by atoms with Gasteiger partial charge in [0, 0.05) is 33.7 Å². The fraction of sp³-hybridized carbons (Fsp3) is 0.0500. The lowest BCUT2D eigenvalue weighted by molar-refractivity contribution is -0.384. The predicted molar refractivity (Wildman–Crippen MR) is 114 cm³/mol. The Balaban J connectivity index is 1.90. The molecule has 4 rings (SSSR count). The first-order valence-corrected chi connectivity index (χ1v) is 10.3. The normalized spacial score (nSPS) is 18.0. The number of amides is 1. The molecule has 10 heteroatoms. The summed E-state index contributed by atoms with van der Waals surface area (Å²) in [6.45, 7) is 0. The highest BCUT2D eigenvalue weighted by Gasteiger charge is 2.47. The molecule has 0 saturated carbocycles. The topological polar surface area (TPSA) is 114 Å². The summed E-state index contributed by atoms with van der Waals surface area (Å²) in [5.74, 6) is -2.06. The molecular weight excluding hydrogens is 474 g/mol. The predicted octanol–water partition coefficient (Wildman–Crippen LogP) is 4.44. The lowest BCUT2D eigenvalue weighted by Gasteiger charge is -2.23. The largest absolute Gasteiger partial charge is 0.507 e. The Bertz CT molecular complexity index is 1170. The van der Waals surface area contributed by atoms with E-state index in [4.69, 9.17) is 0 Å². The van der Waals surface area contributed by atoms with Crippen LogP contribution in [0.4, 0.5) is 10.8 Å². The van der Waals surface area contributed by atoms with Crippen LogP contribution in [-0.4, -0.2) is 26.7 Å². The number of nitro benzene ring substituents is 1. The number of nitro groups is 1. The van der Waals surface area contributed by atoms with Gasteiger partial charge in [0.1, 0.15) is 5.76 Å². The molecular formula is C20H12BrN3O5S. The summed E-state index contributed by atoms with van der Waals surface area (Å²) in [6.07, 6.45) is 1.52. The summed E-state index contributed by atoms with van der Waals surface area (Å²) in [5.41, 5.74) is 0.543. The van der Waals surface area contributed by atoms with Crippen molar-refractivity contribution in [3.63, 3.8) is 0 Å². The Labute approximate surface area is 182 Å². The van der Waals surface area contributed by atoms with Crippen molar-refractivity contribution in [1.29, 1.82) is 0 Å². The highest BCUT2D eigenvalue weighted by atomic mass is 79.9. The molecule has 1 N–H and O–H groups in total. The number of ketones is 1. The van der Waals surface area contributed by atoms with Gasteiger partial charge >= 0.3 is 5.91 Å². The number of aliphatic hydroxyl groups is 1. The quantitative estimate of drug-likeness (QED) is 0.192. The van der Waals surface area contributed by atoms with E-state index in [9.17, 15) is 24.8 Å². The van der Waals surface area contributed by atoms with Crippen molar-refractivity contribution in [2.45, 2.75) is 6.04 Å². The molecule has 0 radical (unpaired) electrons. The van der Waals surface area contributed by atoms with Crippen LogP contribution in [0.3, 0.4) is 0 Å². The molecule has 1 aliphatic rings. The van der Waals surface area contributed by atoms with Gasteiger partial charge in [0.2, 0.25) is 0 Å². The van der Waals surface area contributed by atoms with Gasteiger partial charge in [-0.3, -0.25) is 24.6 Å². The van der Waals surface area contributed by atoms with E-state index in [-0.39, 0.29) is 16.8 Å². The number of aliphatic hydroxyl groups excluding tert-OH is 1. The van der Waals surface area contributed by atoms with Crippen LogP contribution in [0.1, 0.15) is 17.2 Å². The molecule has 1 atom stereocenters. The molecule has 0 aliphatic carbocycles. The Morgan fingerprint density at radius 2 is 1.80 bits per heavy atom. The third-order valence-corrected chi connectivity index (χ3v) is 5.91. The molecule has 30 heavy (non-hydrogen) atoms. The number of aromatic nitrogens is 1. The van der Waals surface area contributed by atoms with Crippen LogP contribution < -0.4 is 4.90 Å². The van der Waals surface area contributed by atoms with Gasteiger partial charge < -0.3 is 5.11 Å². The van der Waals surface area contributed by atoms with Crippen LogP contribution in [0.25, 0.3) is 5.76 Å². The lowest BCUT2D eigenvalue weighted by Crippen LogP contribution is -2.29. The van der Waals surface area contributed by atoms with Gasteiger partial charge in [-0.2, -0.15) is 0 Å². The maximum atomic E-state index is 12.9. The van der Waals surface area contributed by atoms with Gasteiger partial charge in [-0.05, 0) is 29.8 Å². The highest BCUT2D eigenvalue weighted by Crippen LogP contribution is 2.42. The van der Waals surface area contributed by atoms with E-state index >= 15 is 0 Å². The van der Waals surface area contributed by atoms with Crippen LogP contribution in [0.15, 0.2) is 70.2 Å². The van der Waals surface area contributed by atoms with Gasteiger partial charge in [-0.1, -0.05) is 28.1 Å². The second-order valence-electron chi connectivity index (χ2n) is 6.34. The first kappa shape index (κ1) is 19.9. The highest BCUT2D eigenvalue weighted by molar-refractivity contribution is 9.10. The second kappa shape index (κ2) is 7.81. The number of carbonyl (C=O) groups is 2. The van der Waals surface area contributed by atoms with E-state index < -0.39 is 28.4 Å². The number of hydrogen-bond acceptors (Lipinski definition) is 7. The third kappa shape index (κ3) is 3.40. The average molecular weight is 486 g/mol. The minimum absolute atomic E-state index is 0.105. The first-order chi connectivity index (χ1) is 14.4. The van der Waals surface area contributed by atoms with Crippen LogP contribution in [0.2, 0.25) is 0 Å². The zero-order chi connectivity index (χ0) is 21.4. The maximum absolute atomic E-state index is 12.9. The molecule has 2 aromatic carbocycles. The van der Waals surface area contributed by atoms with Gasteiger partial charge in [-0.25, -0.2) is 4.98 Å². The van der Waals surface area contributed by atoms with E-state index in [1.807, 2.05) is 0 Å². The molecule has 1 saturated heterocycles. The summed E-state index contributed by atoms with van der Waals surface area (Å²) in [7, 11) is 0. The number of hydrogen-bond donors (Lipinski definition) is 1. The third-order valence-electron chi connectivity index (χ3n) is 4.61. The van der Waals surface area contributed by atoms with Crippen molar-refractivity contribution < 1.29 is 19.6 Å². The van der Waals surface area contributed by atoms with Crippen molar-refractivity contribution in [3.8, 4) is 0 Å². The number of anilines is 1. The molecule has 0 bridgehead atoms. The zero-order valence-corrected chi connectivity index (χ0v) is 17.5. The van der Waals surface area contributed by atoms with E-state index in [0.717, 1.165) is 4.47 Å². The van der Waals surface area contributed by atoms with E-state index in [2.05, 4.69) is 20.9 Å². The molecule has 8 nitrogen and oxygen atoms in total. The minimum atomic E-state index is -0.889. The van der Waals surface area contributed by atoms with Gasteiger partial charge in [0.05, 0.1) is 16.5 Å². The SMILES string of the molecule is O=C1C(=O)N(c2nccs2)C(c2ccc(Br)cc2)/C1=C(\O)c1ccc([N+](=O)[O-])cc1. The van der Waals surface area contributed by atoms with Crippen molar-refractivity contribution in [2.75, 3.05) is 4.90 Å². The van der Waals surface area contributed by atoms with Crippen LogP contribution in [-0.2, 0) is 9.59 Å². The van der Waals surface area contributed by atoms with Crippen LogP contribution in [0, 0.1) is 10.1 Å². The van der Waals surface area contributed by atoms with E-state index in [1.165, 1.54) is 46.7 Å². The lowest BCUT2D eigenvalue weighted by atomic mass is 9.95. The van der Waals surface area contributed by atoms with Crippen molar-refractivity contribution in [2.24, 2.45) is 0 Å². The average Bonchev–Trinajstić information content (AvgIpc) is 3.35. The van der Waals surface area contributed by atoms with E-state index in [0.29, 0.717) is 10.7 Å². The van der Waals surface area contributed by atoms with Gasteiger partial charge in [0.15, 0.2) is 5.13 Å². The van der Waals surface area contributed by atoms with Crippen molar-refractivity contribution >= 4 is 55.5 Å². The molecule has 150 valence electrons. The Hall–Kier alpha value is -3.37. The number of Topliss-reactive ketones (excluding diaryl/α,β-unsaturated/α-hetero) is 1. The number of nitrogens with zero attached hydrogens (tertiary/aromatic N) is 3. The van der Waals surface area contributed by atoms with Crippen LogP contribution >= 0.6 is 27.3 Å². The molecule has 0 spiro atoms. The second-order valence-corrected chi connectivity index (χ2v) is 8.13. The molecule has 1 unspecified atom stereocenters. The Kier molecular flexibility index (Phi) is 5.18. The fourth-order valence-corrected chi connectivity index (χ4v) is 4.15. The number of rotatable bonds is 4. The molecule has 1 aromatic heterocycles. The molecule has 3 aromatic rings. The fourth-order valence-electron chi connectivity index (χ4n) is 3.22.